The third kappa shape index (κ3) is 5.50. The molecule has 0 aliphatic carbocycles. The molecule has 0 aliphatic heterocycles. The molecule has 0 aliphatic rings. The fourth-order valence-electron chi connectivity index (χ4n) is 1.39. The number of carbonyl (C=O) groups excluding carboxylic acids is 1. The highest BCUT2D eigenvalue weighted by Crippen LogP contribution is 2.21. The van der Waals surface area contributed by atoms with Crippen molar-refractivity contribution >= 4 is 27.5 Å². The van der Waals surface area contributed by atoms with E-state index in [1.807, 2.05) is 24.4 Å². The van der Waals surface area contributed by atoms with E-state index >= 15 is 0 Å². The lowest BCUT2D eigenvalue weighted by Crippen LogP contribution is -2.42. The van der Waals surface area contributed by atoms with Gasteiger partial charge in [0.25, 0.3) is 0 Å². The maximum absolute atomic E-state index is 12.0. The third-order valence-electron chi connectivity index (χ3n) is 2.43. The number of halogens is 4. The second-order valence-electron chi connectivity index (χ2n) is 4.16. The van der Waals surface area contributed by atoms with Crippen molar-refractivity contribution in [2.75, 3.05) is 11.9 Å². The quantitative estimate of drug-likeness (QED) is 0.884. The molecular weight excluding hydrogens is 325 g/mol. The molecule has 0 bridgehead atoms. The Labute approximate surface area is 117 Å². The van der Waals surface area contributed by atoms with Gasteiger partial charge in [0, 0.05) is 10.2 Å². The molecule has 0 saturated heterocycles. The standard InChI is InChI=1S/C12H14BrF3N2O/c1-7-3-4-9(13)5-10(7)18-8(2)11(19)17-6-12(14,15)16/h3-5,8,18H,6H2,1-2H3,(H,17,19). The van der Waals surface area contributed by atoms with Crippen molar-refractivity contribution in [1.82, 2.24) is 5.32 Å². The second-order valence-corrected chi connectivity index (χ2v) is 5.07. The van der Waals surface area contributed by atoms with Crippen LogP contribution in [0.25, 0.3) is 0 Å². The van der Waals surface area contributed by atoms with Crippen LogP contribution in [0.15, 0.2) is 22.7 Å². The van der Waals surface area contributed by atoms with Gasteiger partial charge in [-0.3, -0.25) is 4.79 Å². The number of nitrogens with one attached hydrogen (secondary N) is 2. The lowest BCUT2D eigenvalue weighted by molar-refractivity contribution is -0.138. The van der Waals surface area contributed by atoms with E-state index in [0.29, 0.717) is 5.69 Å². The average Bonchev–Trinajstić information content (AvgIpc) is 2.29. The van der Waals surface area contributed by atoms with Crippen LogP contribution in [-0.2, 0) is 4.79 Å². The zero-order valence-corrected chi connectivity index (χ0v) is 12.0. The number of benzene rings is 1. The number of carbonyl (C=O) groups is 1. The van der Waals surface area contributed by atoms with Gasteiger partial charge in [-0.25, -0.2) is 0 Å². The van der Waals surface area contributed by atoms with Crippen LogP contribution in [-0.4, -0.2) is 24.7 Å². The molecule has 0 saturated carbocycles. The van der Waals surface area contributed by atoms with E-state index in [4.69, 9.17) is 0 Å². The number of anilines is 1. The van der Waals surface area contributed by atoms with Crippen molar-refractivity contribution in [1.29, 1.82) is 0 Å². The molecule has 0 radical (unpaired) electrons. The highest BCUT2D eigenvalue weighted by Gasteiger charge is 2.28. The summed E-state index contributed by atoms with van der Waals surface area (Å²) in [5, 5.41) is 4.72. The van der Waals surface area contributed by atoms with E-state index in [1.165, 1.54) is 6.92 Å². The van der Waals surface area contributed by atoms with E-state index in [2.05, 4.69) is 21.2 Å². The Balaban J connectivity index is 2.61. The molecule has 0 heterocycles. The predicted molar refractivity (Wildman–Crippen MR) is 71.0 cm³/mol. The summed E-state index contributed by atoms with van der Waals surface area (Å²) < 4.78 is 36.8. The summed E-state index contributed by atoms with van der Waals surface area (Å²) in [6.07, 6.45) is -4.40. The Morgan fingerprint density at radius 1 is 1.42 bits per heavy atom. The molecular formula is C12H14BrF3N2O. The van der Waals surface area contributed by atoms with Gasteiger partial charge in [-0.2, -0.15) is 13.2 Å². The third-order valence-corrected chi connectivity index (χ3v) is 2.92. The Morgan fingerprint density at radius 2 is 2.05 bits per heavy atom. The minimum Gasteiger partial charge on any atom is -0.374 e. The first-order chi connectivity index (χ1) is 8.69. The summed E-state index contributed by atoms with van der Waals surface area (Å²) in [6, 6.07) is 4.69. The summed E-state index contributed by atoms with van der Waals surface area (Å²) >= 11 is 3.29. The lowest BCUT2D eigenvalue weighted by atomic mass is 10.2. The molecule has 1 amide bonds. The molecule has 0 aromatic heterocycles. The smallest absolute Gasteiger partial charge is 0.374 e. The molecule has 1 rings (SSSR count). The molecule has 1 atom stereocenters. The van der Waals surface area contributed by atoms with Crippen LogP contribution < -0.4 is 10.6 Å². The second kappa shape index (κ2) is 6.27. The number of hydrogen-bond acceptors (Lipinski definition) is 2. The van der Waals surface area contributed by atoms with Crippen LogP contribution in [0, 0.1) is 6.92 Å². The van der Waals surface area contributed by atoms with Crippen molar-refractivity contribution in [3.05, 3.63) is 28.2 Å². The molecule has 1 unspecified atom stereocenters. The fourth-order valence-corrected chi connectivity index (χ4v) is 1.75. The highest BCUT2D eigenvalue weighted by atomic mass is 79.9. The number of amides is 1. The summed E-state index contributed by atoms with van der Waals surface area (Å²) in [5.41, 5.74) is 1.60. The van der Waals surface area contributed by atoms with Crippen LogP contribution >= 0.6 is 15.9 Å². The summed E-state index contributed by atoms with van der Waals surface area (Å²) in [5.74, 6) is -0.697. The van der Waals surface area contributed by atoms with Gasteiger partial charge >= 0.3 is 6.18 Å². The summed E-state index contributed by atoms with van der Waals surface area (Å²) in [6.45, 7) is 2.02. The molecule has 3 nitrogen and oxygen atoms in total. The number of rotatable bonds is 4. The van der Waals surface area contributed by atoms with Crippen molar-refractivity contribution in [3.8, 4) is 0 Å². The maximum Gasteiger partial charge on any atom is 0.405 e. The molecule has 0 spiro atoms. The molecule has 2 N–H and O–H groups in total. The fraction of sp³-hybridized carbons (Fsp3) is 0.417. The topological polar surface area (TPSA) is 41.1 Å². The van der Waals surface area contributed by atoms with E-state index in [-0.39, 0.29) is 0 Å². The number of aryl methyl sites for hydroxylation is 1. The van der Waals surface area contributed by atoms with Gasteiger partial charge < -0.3 is 10.6 Å². The Bertz CT molecular complexity index is 463. The first kappa shape index (κ1) is 15.8. The first-order valence-electron chi connectivity index (χ1n) is 5.56. The molecule has 7 heteroatoms. The van der Waals surface area contributed by atoms with E-state index in [1.54, 1.807) is 6.07 Å². The van der Waals surface area contributed by atoms with Gasteiger partial charge in [-0.05, 0) is 31.5 Å². The molecule has 0 fully saturated rings. The average molecular weight is 339 g/mol. The van der Waals surface area contributed by atoms with E-state index < -0.39 is 24.7 Å². The SMILES string of the molecule is Cc1ccc(Br)cc1NC(C)C(=O)NCC(F)(F)F. The van der Waals surface area contributed by atoms with Crippen molar-refractivity contribution in [2.45, 2.75) is 26.1 Å². The molecule has 106 valence electrons. The van der Waals surface area contributed by atoms with Crippen LogP contribution in [0.5, 0.6) is 0 Å². The minimum atomic E-state index is -4.40. The van der Waals surface area contributed by atoms with Gasteiger partial charge in [0.05, 0.1) is 0 Å². The normalized spacial score (nSPS) is 12.9. The van der Waals surface area contributed by atoms with Crippen LogP contribution in [0.1, 0.15) is 12.5 Å². The van der Waals surface area contributed by atoms with Crippen LogP contribution in [0.3, 0.4) is 0 Å². The Hall–Kier alpha value is -1.24. The van der Waals surface area contributed by atoms with Gasteiger partial charge in [0.1, 0.15) is 12.6 Å². The number of hydrogen-bond donors (Lipinski definition) is 2. The van der Waals surface area contributed by atoms with Gasteiger partial charge in [0.2, 0.25) is 5.91 Å². The van der Waals surface area contributed by atoms with Crippen LogP contribution in [0.2, 0.25) is 0 Å². The van der Waals surface area contributed by atoms with Crippen molar-refractivity contribution < 1.29 is 18.0 Å². The molecule has 19 heavy (non-hydrogen) atoms. The lowest BCUT2D eigenvalue weighted by Gasteiger charge is -2.17. The zero-order valence-electron chi connectivity index (χ0n) is 10.4. The molecule has 1 aromatic carbocycles. The van der Waals surface area contributed by atoms with Gasteiger partial charge in [0.15, 0.2) is 0 Å². The maximum atomic E-state index is 12.0. The zero-order chi connectivity index (χ0) is 14.6. The first-order valence-corrected chi connectivity index (χ1v) is 6.35. The predicted octanol–water partition coefficient (Wildman–Crippen LogP) is 3.24. The monoisotopic (exact) mass is 338 g/mol. The van der Waals surface area contributed by atoms with E-state index in [0.717, 1.165) is 10.0 Å². The van der Waals surface area contributed by atoms with Crippen molar-refractivity contribution in [3.63, 3.8) is 0 Å². The Kier molecular flexibility index (Phi) is 5.22. The Morgan fingerprint density at radius 3 is 2.63 bits per heavy atom. The highest BCUT2D eigenvalue weighted by molar-refractivity contribution is 9.10. The largest absolute Gasteiger partial charge is 0.405 e. The minimum absolute atomic E-state index is 0.697. The number of alkyl halides is 3. The molecule has 1 aromatic rings. The summed E-state index contributed by atoms with van der Waals surface area (Å²) in [7, 11) is 0. The van der Waals surface area contributed by atoms with Gasteiger partial charge in [-0.1, -0.05) is 22.0 Å². The summed E-state index contributed by atoms with van der Waals surface area (Å²) in [4.78, 5) is 11.5. The van der Waals surface area contributed by atoms with Crippen molar-refractivity contribution in [2.24, 2.45) is 0 Å². The van der Waals surface area contributed by atoms with Gasteiger partial charge in [-0.15, -0.1) is 0 Å². The van der Waals surface area contributed by atoms with Crippen LogP contribution in [0.4, 0.5) is 18.9 Å². The van der Waals surface area contributed by atoms with E-state index in [9.17, 15) is 18.0 Å².